The molecule has 0 aliphatic rings. The second kappa shape index (κ2) is 5.74. The van der Waals surface area contributed by atoms with Crippen LogP contribution in [0.2, 0.25) is 0 Å². The average Bonchev–Trinajstić information content (AvgIpc) is 2.78. The molecule has 4 nitrogen and oxygen atoms in total. The van der Waals surface area contributed by atoms with Crippen molar-refractivity contribution in [3.05, 3.63) is 35.1 Å². The molecular formula is C12H11BrF3N3O. The Hall–Kier alpha value is -1.70. The smallest absolute Gasteiger partial charge is 0.404 e. The van der Waals surface area contributed by atoms with E-state index in [9.17, 15) is 13.2 Å². The molecule has 108 valence electrons. The van der Waals surface area contributed by atoms with E-state index in [1.165, 1.54) is 12.1 Å². The monoisotopic (exact) mass is 349 g/mol. The first kappa shape index (κ1) is 14.7. The van der Waals surface area contributed by atoms with E-state index in [1.54, 1.807) is 23.0 Å². The van der Waals surface area contributed by atoms with Crippen LogP contribution in [0.5, 0.6) is 5.75 Å². The molecule has 1 heterocycles. The molecule has 1 aromatic heterocycles. The number of alkyl halides is 3. The van der Waals surface area contributed by atoms with E-state index in [0.29, 0.717) is 17.0 Å². The number of imidazole rings is 1. The van der Waals surface area contributed by atoms with Crippen LogP contribution in [0.25, 0.3) is 0 Å². The summed E-state index contributed by atoms with van der Waals surface area (Å²) in [6.07, 6.45) is -1.46. The number of ether oxygens (including phenoxy) is 1. The van der Waals surface area contributed by atoms with Gasteiger partial charge in [-0.3, -0.25) is 0 Å². The van der Waals surface area contributed by atoms with E-state index < -0.39 is 6.36 Å². The predicted molar refractivity (Wildman–Crippen MR) is 72.0 cm³/mol. The van der Waals surface area contributed by atoms with Crippen molar-refractivity contribution in [2.24, 2.45) is 0 Å². The van der Waals surface area contributed by atoms with Crippen molar-refractivity contribution in [3.8, 4) is 5.75 Å². The summed E-state index contributed by atoms with van der Waals surface area (Å²) >= 11 is 3.11. The quantitative estimate of drug-likeness (QED) is 0.893. The molecule has 0 fully saturated rings. The van der Waals surface area contributed by atoms with Crippen LogP contribution >= 0.6 is 15.9 Å². The number of aryl methyl sites for hydroxylation is 1. The van der Waals surface area contributed by atoms with Crippen molar-refractivity contribution < 1.29 is 17.9 Å². The minimum atomic E-state index is -4.75. The van der Waals surface area contributed by atoms with E-state index in [0.717, 1.165) is 0 Å². The third-order valence-corrected chi connectivity index (χ3v) is 2.97. The molecule has 0 atom stereocenters. The summed E-state index contributed by atoms with van der Waals surface area (Å²) in [6.45, 7) is 2.55. The van der Waals surface area contributed by atoms with E-state index in [1.807, 2.05) is 6.92 Å². The molecule has 0 unspecified atom stereocenters. The Balaban J connectivity index is 2.31. The van der Waals surface area contributed by atoms with Gasteiger partial charge in [0.05, 0.1) is 5.69 Å². The largest absolute Gasteiger partial charge is 0.573 e. The standard InChI is InChI=1S/C12H11BrF3N3O/c1-2-19-6-5-17-11(19)18-9-4-3-8(13)7-10(9)20-12(14,15)16/h3-7H,2H2,1H3,(H,17,18). The van der Waals surface area contributed by atoms with Crippen LogP contribution in [0.4, 0.5) is 24.8 Å². The SMILES string of the molecule is CCn1ccnc1Nc1ccc(Br)cc1OC(F)(F)F. The summed E-state index contributed by atoms with van der Waals surface area (Å²) in [7, 11) is 0. The Bertz CT molecular complexity index is 598. The van der Waals surface area contributed by atoms with Gasteiger partial charge in [0, 0.05) is 23.4 Å². The Morgan fingerprint density at radius 2 is 2.15 bits per heavy atom. The number of nitrogens with one attached hydrogen (secondary N) is 1. The fourth-order valence-corrected chi connectivity index (χ4v) is 1.96. The summed E-state index contributed by atoms with van der Waals surface area (Å²) in [6, 6.07) is 4.35. The van der Waals surface area contributed by atoms with Crippen molar-refractivity contribution in [1.29, 1.82) is 0 Å². The van der Waals surface area contributed by atoms with Crippen LogP contribution < -0.4 is 10.1 Å². The molecule has 0 radical (unpaired) electrons. The van der Waals surface area contributed by atoms with Gasteiger partial charge in [-0.15, -0.1) is 13.2 Å². The number of halogens is 4. The predicted octanol–water partition coefficient (Wildman–Crippen LogP) is 4.31. The Morgan fingerprint density at radius 1 is 1.40 bits per heavy atom. The van der Waals surface area contributed by atoms with Gasteiger partial charge >= 0.3 is 6.36 Å². The molecule has 1 aromatic carbocycles. The Morgan fingerprint density at radius 3 is 2.80 bits per heavy atom. The minimum absolute atomic E-state index is 0.187. The lowest BCUT2D eigenvalue weighted by molar-refractivity contribution is -0.274. The van der Waals surface area contributed by atoms with Gasteiger partial charge in [-0.1, -0.05) is 15.9 Å². The maximum atomic E-state index is 12.4. The van der Waals surface area contributed by atoms with E-state index in [-0.39, 0.29) is 11.4 Å². The van der Waals surface area contributed by atoms with Gasteiger partial charge in [0.2, 0.25) is 5.95 Å². The molecular weight excluding hydrogens is 339 g/mol. The second-order valence-electron chi connectivity index (χ2n) is 3.85. The lowest BCUT2D eigenvalue weighted by atomic mass is 10.3. The fraction of sp³-hybridized carbons (Fsp3) is 0.250. The molecule has 0 aliphatic carbocycles. The number of benzene rings is 1. The highest BCUT2D eigenvalue weighted by Gasteiger charge is 2.32. The molecule has 0 bridgehead atoms. The van der Waals surface area contributed by atoms with Crippen molar-refractivity contribution in [3.63, 3.8) is 0 Å². The minimum Gasteiger partial charge on any atom is -0.404 e. The fourth-order valence-electron chi connectivity index (χ4n) is 1.62. The number of anilines is 2. The average molecular weight is 350 g/mol. The van der Waals surface area contributed by atoms with E-state index >= 15 is 0 Å². The molecule has 8 heteroatoms. The molecule has 0 amide bonds. The lowest BCUT2D eigenvalue weighted by Crippen LogP contribution is -2.18. The van der Waals surface area contributed by atoms with Crippen LogP contribution in [-0.4, -0.2) is 15.9 Å². The van der Waals surface area contributed by atoms with Gasteiger partial charge in [-0.05, 0) is 25.1 Å². The highest BCUT2D eigenvalue weighted by Crippen LogP contribution is 2.34. The Labute approximate surface area is 121 Å². The number of aromatic nitrogens is 2. The molecule has 2 aromatic rings. The number of hydrogen-bond acceptors (Lipinski definition) is 3. The van der Waals surface area contributed by atoms with Gasteiger partial charge in [0.1, 0.15) is 0 Å². The van der Waals surface area contributed by atoms with Crippen LogP contribution in [0, 0.1) is 0 Å². The zero-order valence-corrected chi connectivity index (χ0v) is 12.0. The normalized spacial score (nSPS) is 11.4. The van der Waals surface area contributed by atoms with Gasteiger partial charge in [0.25, 0.3) is 0 Å². The molecule has 1 N–H and O–H groups in total. The van der Waals surface area contributed by atoms with Crippen molar-refractivity contribution in [1.82, 2.24) is 9.55 Å². The maximum absolute atomic E-state index is 12.4. The Kier molecular flexibility index (Phi) is 4.22. The first-order valence-corrected chi connectivity index (χ1v) is 6.52. The molecule has 0 saturated heterocycles. The maximum Gasteiger partial charge on any atom is 0.573 e. The summed E-state index contributed by atoms with van der Waals surface area (Å²) in [5.74, 6) is 0.124. The van der Waals surface area contributed by atoms with Crippen LogP contribution in [0.15, 0.2) is 35.1 Å². The third-order valence-electron chi connectivity index (χ3n) is 2.47. The van der Waals surface area contributed by atoms with Crippen LogP contribution in [0.1, 0.15) is 6.92 Å². The summed E-state index contributed by atoms with van der Waals surface area (Å²) in [5, 5.41) is 2.83. The zero-order chi connectivity index (χ0) is 14.8. The first-order valence-electron chi connectivity index (χ1n) is 5.72. The molecule has 2 rings (SSSR count). The number of rotatable bonds is 4. The summed E-state index contributed by atoms with van der Waals surface area (Å²) in [4.78, 5) is 4.05. The van der Waals surface area contributed by atoms with Gasteiger partial charge in [-0.2, -0.15) is 0 Å². The number of nitrogens with zero attached hydrogens (tertiary/aromatic N) is 2. The van der Waals surface area contributed by atoms with Gasteiger partial charge in [-0.25, -0.2) is 4.98 Å². The number of hydrogen-bond donors (Lipinski definition) is 1. The molecule has 0 aliphatic heterocycles. The highest BCUT2D eigenvalue weighted by molar-refractivity contribution is 9.10. The van der Waals surface area contributed by atoms with E-state index in [4.69, 9.17) is 0 Å². The van der Waals surface area contributed by atoms with Crippen molar-refractivity contribution in [2.45, 2.75) is 19.8 Å². The summed E-state index contributed by atoms with van der Waals surface area (Å²) in [5.41, 5.74) is 0.187. The highest BCUT2D eigenvalue weighted by atomic mass is 79.9. The van der Waals surface area contributed by atoms with E-state index in [2.05, 4.69) is 31.0 Å². The van der Waals surface area contributed by atoms with Crippen LogP contribution in [0.3, 0.4) is 0 Å². The first-order chi connectivity index (χ1) is 9.39. The van der Waals surface area contributed by atoms with Crippen LogP contribution in [-0.2, 0) is 6.54 Å². The molecule has 0 spiro atoms. The topological polar surface area (TPSA) is 39.1 Å². The second-order valence-corrected chi connectivity index (χ2v) is 4.77. The molecule has 20 heavy (non-hydrogen) atoms. The third kappa shape index (κ3) is 3.66. The summed E-state index contributed by atoms with van der Waals surface area (Å²) < 4.78 is 43.4. The lowest BCUT2D eigenvalue weighted by Gasteiger charge is -2.15. The van der Waals surface area contributed by atoms with Crippen molar-refractivity contribution >= 4 is 27.6 Å². The molecule has 0 saturated carbocycles. The van der Waals surface area contributed by atoms with Crippen molar-refractivity contribution in [2.75, 3.05) is 5.32 Å². The van der Waals surface area contributed by atoms with Gasteiger partial charge in [0.15, 0.2) is 5.75 Å². The van der Waals surface area contributed by atoms with Gasteiger partial charge < -0.3 is 14.6 Å². The zero-order valence-electron chi connectivity index (χ0n) is 10.4.